The van der Waals surface area contributed by atoms with Crippen LogP contribution in [0.2, 0.25) is 0 Å². The van der Waals surface area contributed by atoms with Crippen LogP contribution >= 0.6 is 0 Å². The average Bonchev–Trinajstić information content (AvgIpc) is 3.34. The van der Waals surface area contributed by atoms with Gasteiger partial charge in [0, 0.05) is 75.1 Å². The van der Waals surface area contributed by atoms with E-state index < -0.39 is 0 Å². The van der Waals surface area contributed by atoms with Crippen molar-refractivity contribution in [2.24, 2.45) is 0 Å². The second kappa shape index (κ2) is 10.6. The van der Waals surface area contributed by atoms with Crippen molar-refractivity contribution in [3.05, 3.63) is 47.7 Å². The zero-order chi connectivity index (χ0) is 28.0. The third-order valence-electron chi connectivity index (χ3n) is 9.10. The molecule has 3 aliphatic heterocycles. The number of carbonyl (C=O) groups is 1. The Morgan fingerprint density at radius 1 is 1.18 bits per heavy atom. The SMILES string of the molecule is C=CC(=O)N1CCN(c2nc(N3CC(N(C)C)C3)nc3c2CCC(N2CCc4ccc(O)cc42)C3)CC1CC#N. The molecule has 1 N–H and O–H groups in total. The number of nitrogens with zero attached hydrogens (tertiary/aromatic N) is 8. The van der Waals surface area contributed by atoms with Gasteiger partial charge in [0.25, 0.3) is 0 Å². The highest BCUT2D eigenvalue weighted by atomic mass is 16.3. The molecule has 4 aliphatic rings. The predicted molar refractivity (Wildman–Crippen MR) is 155 cm³/mol. The maximum absolute atomic E-state index is 12.5. The summed E-state index contributed by atoms with van der Waals surface area (Å²) in [5.41, 5.74) is 4.72. The second-order valence-corrected chi connectivity index (χ2v) is 11.6. The van der Waals surface area contributed by atoms with Crippen LogP contribution in [0.5, 0.6) is 5.75 Å². The summed E-state index contributed by atoms with van der Waals surface area (Å²) in [6.45, 7) is 8.16. The summed E-state index contributed by atoms with van der Waals surface area (Å²) in [5, 5.41) is 19.7. The first-order valence-electron chi connectivity index (χ1n) is 14.3. The van der Waals surface area contributed by atoms with E-state index in [1.54, 1.807) is 11.0 Å². The molecular weight excluding hydrogens is 504 g/mol. The fourth-order valence-electron chi connectivity index (χ4n) is 6.69. The lowest BCUT2D eigenvalue weighted by Gasteiger charge is -2.45. The zero-order valence-electron chi connectivity index (χ0n) is 23.5. The fourth-order valence-corrected chi connectivity index (χ4v) is 6.69. The summed E-state index contributed by atoms with van der Waals surface area (Å²) in [5.74, 6) is 1.91. The number of anilines is 3. The van der Waals surface area contributed by atoms with Gasteiger partial charge in [0.1, 0.15) is 11.6 Å². The fraction of sp³-hybridized carbons (Fsp3) is 0.533. The first-order chi connectivity index (χ1) is 19.4. The van der Waals surface area contributed by atoms with Gasteiger partial charge in [-0.15, -0.1) is 0 Å². The van der Waals surface area contributed by atoms with Crippen LogP contribution in [0, 0.1) is 11.3 Å². The van der Waals surface area contributed by atoms with Crippen LogP contribution in [0.4, 0.5) is 17.5 Å². The highest BCUT2D eigenvalue weighted by molar-refractivity contribution is 5.87. The Kier molecular flexibility index (Phi) is 7.00. The summed E-state index contributed by atoms with van der Waals surface area (Å²) in [7, 11) is 4.22. The van der Waals surface area contributed by atoms with E-state index in [1.165, 1.54) is 17.2 Å². The molecule has 0 spiro atoms. The number of carbonyl (C=O) groups excluding carboxylic acids is 1. The molecule has 6 rings (SSSR count). The zero-order valence-corrected chi connectivity index (χ0v) is 23.5. The Bertz CT molecular complexity index is 1350. The van der Waals surface area contributed by atoms with E-state index >= 15 is 0 Å². The molecular formula is C30H38N8O2. The summed E-state index contributed by atoms with van der Waals surface area (Å²) in [4.78, 5) is 33.8. The van der Waals surface area contributed by atoms with E-state index in [1.807, 2.05) is 12.1 Å². The number of phenols is 1. The number of hydrogen-bond acceptors (Lipinski definition) is 9. The Morgan fingerprint density at radius 3 is 2.75 bits per heavy atom. The number of aromatic hydroxyl groups is 1. The van der Waals surface area contributed by atoms with Gasteiger partial charge < -0.3 is 29.6 Å². The largest absolute Gasteiger partial charge is 0.508 e. The lowest BCUT2D eigenvalue weighted by molar-refractivity contribution is -0.128. The molecule has 10 nitrogen and oxygen atoms in total. The number of amides is 1. The van der Waals surface area contributed by atoms with Crippen LogP contribution in [0.25, 0.3) is 0 Å². The van der Waals surface area contributed by atoms with Gasteiger partial charge in [-0.2, -0.15) is 10.2 Å². The molecule has 1 amide bonds. The highest BCUT2D eigenvalue weighted by Crippen LogP contribution is 2.39. The van der Waals surface area contributed by atoms with Crippen molar-refractivity contribution in [2.75, 3.05) is 68.1 Å². The van der Waals surface area contributed by atoms with Crippen LogP contribution in [-0.4, -0.2) is 102 Å². The van der Waals surface area contributed by atoms with E-state index in [2.05, 4.69) is 46.3 Å². The minimum Gasteiger partial charge on any atom is -0.508 e. The van der Waals surface area contributed by atoms with E-state index in [9.17, 15) is 15.2 Å². The number of benzene rings is 1. The molecule has 40 heavy (non-hydrogen) atoms. The molecule has 1 aliphatic carbocycles. The smallest absolute Gasteiger partial charge is 0.246 e. The number of rotatable bonds is 6. The summed E-state index contributed by atoms with van der Waals surface area (Å²) < 4.78 is 0. The van der Waals surface area contributed by atoms with Crippen molar-refractivity contribution in [3.63, 3.8) is 0 Å². The summed E-state index contributed by atoms with van der Waals surface area (Å²) in [6, 6.07) is 8.58. The molecule has 2 saturated heterocycles. The van der Waals surface area contributed by atoms with E-state index in [-0.39, 0.29) is 18.4 Å². The van der Waals surface area contributed by atoms with Crippen molar-refractivity contribution in [3.8, 4) is 11.8 Å². The summed E-state index contributed by atoms with van der Waals surface area (Å²) in [6.07, 6.45) is 5.29. The Hall–Kier alpha value is -3.84. The molecule has 0 saturated carbocycles. The minimum absolute atomic E-state index is 0.125. The van der Waals surface area contributed by atoms with Gasteiger partial charge in [-0.05, 0) is 51.1 Å². The average molecular weight is 543 g/mol. The second-order valence-electron chi connectivity index (χ2n) is 11.6. The standard InChI is InChI=1S/C30H38N8O2/c1-4-28(40)38-14-13-35(17-22(38)9-11-31)29-25-8-6-21(37-12-10-20-5-7-24(39)16-27(20)37)15-26(25)32-30(33-29)36-18-23(19-36)34(2)3/h4-5,7,16,21-23,39H,1,6,8-10,12-15,17-19H2,2-3H3. The minimum atomic E-state index is -0.203. The molecule has 4 heterocycles. The molecule has 2 unspecified atom stereocenters. The molecule has 2 atom stereocenters. The topological polar surface area (TPSA) is 103 Å². The number of hydrogen-bond donors (Lipinski definition) is 1. The number of piperazine rings is 1. The Labute approximate surface area is 236 Å². The maximum Gasteiger partial charge on any atom is 0.246 e. The number of likely N-dealkylation sites (N-methyl/N-ethyl adjacent to an activating group) is 1. The number of fused-ring (bicyclic) bond motifs is 2. The van der Waals surface area contributed by atoms with Crippen molar-refractivity contribution in [1.82, 2.24) is 19.8 Å². The molecule has 1 aromatic heterocycles. The van der Waals surface area contributed by atoms with Gasteiger partial charge in [-0.1, -0.05) is 12.6 Å². The molecule has 10 heteroatoms. The van der Waals surface area contributed by atoms with Gasteiger partial charge >= 0.3 is 0 Å². The number of aromatic nitrogens is 2. The maximum atomic E-state index is 12.5. The van der Waals surface area contributed by atoms with Gasteiger partial charge in [-0.3, -0.25) is 4.79 Å². The van der Waals surface area contributed by atoms with Crippen molar-refractivity contribution in [2.45, 2.75) is 50.2 Å². The van der Waals surface area contributed by atoms with Crippen LogP contribution in [0.3, 0.4) is 0 Å². The van der Waals surface area contributed by atoms with Gasteiger partial charge in [-0.25, -0.2) is 4.98 Å². The predicted octanol–water partition coefficient (Wildman–Crippen LogP) is 1.97. The van der Waals surface area contributed by atoms with Crippen LogP contribution < -0.4 is 14.7 Å². The molecule has 210 valence electrons. The quantitative estimate of drug-likeness (QED) is 0.549. The molecule has 2 fully saturated rings. The lowest BCUT2D eigenvalue weighted by Crippen LogP contribution is -2.58. The van der Waals surface area contributed by atoms with Crippen LogP contribution in [0.1, 0.15) is 29.7 Å². The Morgan fingerprint density at radius 2 is 2.00 bits per heavy atom. The first-order valence-corrected chi connectivity index (χ1v) is 14.3. The molecule has 0 radical (unpaired) electrons. The number of nitriles is 1. The van der Waals surface area contributed by atoms with Gasteiger partial charge in [0.2, 0.25) is 11.9 Å². The lowest BCUT2D eigenvalue weighted by atomic mass is 9.90. The van der Waals surface area contributed by atoms with Crippen molar-refractivity contribution < 1.29 is 9.90 Å². The molecule has 0 bridgehead atoms. The third-order valence-corrected chi connectivity index (χ3v) is 9.10. The van der Waals surface area contributed by atoms with Crippen LogP contribution in [0.15, 0.2) is 30.9 Å². The normalized spacial score (nSPS) is 22.6. The summed E-state index contributed by atoms with van der Waals surface area (Å²) >= 11 is 0. The van der Waals surface area contributed by atoms with E-state index in [0.29, 0.717) is 37.5 Å². The first kappa shape index (κ1) is 26.4. The van der Waals surface area contributed by atoms with E-state index in [0.717, 1.165) is 68.5 Å². The molecule has 1 aromatic carbocycles. The van der Waals surface area contributed by atoms with Gasteiger partial charge in [0.15, 0.2) is 0 Å². The van der Waals surface area contributed by atoms with E-state index in [4.69, 9.17) is 9.97 Å². The Balaban J connectivity index is 1.31. The number of phenolic OH excluding ortho intramolecular Hbond substituents is 1. The molecule has 2 aromatic rings. The third kappa shape index (κ3) is 4.73. The van der Waals surface area contributed by atoms with Crippen molar-refractivity contribution in [1.29, 1.82) is 5.26 Å². The van der Waals surface area contributed by atoms with Crippen LogP contribution in [-0.2, 0) is 24.1 Å². The highest BCUT2D eigenvalue weighted by Gasteiger charge is 2.37. The van der Waals surface area contributed by atoms with Gasteiger partial charge in [0.05, 0.1) is 24.2 Å². The monoisotopic (exact) mass is 542 g/mol. The van der Waals surface area contributed by atoms with Crippen molar-refractivity contribution >= 4 is 23.4 Å².